The highest BCUT2D eigenvalue weighted by molar-refractivity contribution is 6.29. The summed E-state index contributed by atoms with van der Waals surface area (Å²) < 4.78 is 0. The van der Waals surface area contributed by atoms with Crippen molar-refractivity contribution in [1.82, 2.24) is 25.1 Å². The van der Waals surface area contributed by atoms with E-state index < -0.39 is 0 Å². The molecule has 3 rings (SSSR count). The van der Waals surface area contributed by atoms with Crippen molar-refractivity contribution in [1.29, 1.82) is 0 Å². The average molecular weight is 347 g/mol. The first-order chi connectivity index (χ1) is 11.7. The number of rotatable bonds is 5. The topological polar surface area (TPSA) is 58.0 Å². The minimum atomic E-state index is 0.537. The van der Waals surface area contributed by atoms with Gasteiger partial charge in [-0.15, -0.1) is 5.10 Å². The first-order valence-corrected chi connectivity index (χ1v) is 8.87. The third kappa shape index (κ3) is 3.99. The molecule has 7 heteroatoms. The van der Waals surface area contributed by atoms with E-state index in [2.05, 4.69) is 38.8 Å². The molecule has 2 aromatic heterocycles. The highest BCUT2D eigenvalue weighted by Gasteiger charge is 2.20. The van der Waals surface area contributed by atoms with E-state index in [-0.39, 0.29) is 0 Å². The van der Waals surface area contributed by atoms with Crippen LogP contribution in [-0.4, -0.2) is 51.2 Å². The van der Waals surface area contributed by atoms with Crippen LogP contribution in [-0.2, 0) is 19.4 Å². The van der Waals surface area contributed by atoms with E-state index in [4.69, 9.17) is 16.6 Å². The summed E-state index contributed by atoms with van der Waals surface area (Å²) in [6, 6.07) is 3.87. The molecule has 2 aromatic rings. The second-order valence-corrected chi connectivity index (χ2v) is 6.35. The Labute approximate surface area is 147 Å². The Morgan fingerprint density at radius 3 is 2.38 bits per heavy atom. The third-order valence-electron chi connectivity index (χ3n) is 4.35. The SMILES string of the molecule is CCc1nnc(N2CCN(Cc3ccc(Cl)nc3)CC2)nc1CC. The number of hydrogen-bond donors (Lipinski definition) is 0. The van der Waals surface area contributed by atoms with E-state index in [0.29, 0.717) is 5.15 Å². The summed E-state index contributed by atoms with van der Waals surface area (Å²) in [7, 11) is 0. The van der Waals surface area contributed by atoms with Crippen molar-refractivity contribution in [3.8, 4) is 0 Å². The summed E-state index contributed by atoms with van der Waals surface area (Å²) in [5.41, 5.74) is 3.26. The Kier molecular flexibility index (Phi) is 5.58. The Bertz CT molecular complexity index is 667. The maximum Gasteiger partial charge on any atom is 0.245 e. The molecule has 1 saturated heterocycles. The van der Waals surface area contributed by atoms with Gasteiger partial charge < -0.3 is 4.90 Å². The fourth-order valence-corrected chi connectivity index (χ4v) is 3.04. The molecular weight excluding hydrogens is 324 g/mol. The van der Waals surface area contributed by atoms with E-state index in [1.807, 2.05) is 18.3 Å². The summed E-state index contributed by atoms with van der Waals surface area (Å²) in [5, 5.41) is 9.21. The largest absolute Gasteiger partial charge is 0.337 e. The van der Waals surface area contributed by atoms with Gasteiger partial charge in [-0.25, -0.2) is 9.97 Å². The number of nitrogens with zero attached hydrogens (tertiary/aromatic N) is 6. The number of aromatic nitrogens is 4. The molecule has 0 bridgehead atoms. The van der Waals surface area contributed by atoms with Crippen LogP contribution in [0.25, 0.3) is 0 Å². The molecule has 0 aromatic carbocycles. The number of anilines is 1. The van der Waals surface area contributed by atoms with Gasteiger partial charge in [-0.2, -0.15) is 5.10 Å². The van der Waals surface area contributed by atoms with Gasteiger partial charge in [0.2, 0.25) is 5.95 Å². The molecule has 0 radical (unpaired) electrons. The zero-order valence-corrected chi connectivity index (χ0v) is 15.0. The molecule has 0 aliphatic carbocycles. The zero-order chi connectivity index (χ0) is 16.9. The first-order valence-electron chi connectivity index (χ1n) is 8.49. The molecule has 3 heterocycles. The van der Waals surface area contributed by atoms with E-state index in [1.165, 1.54) is 5.56 Å². The molecule has 1 fully saturated rings. The van der Waals surface area contributed by atoms with Crippen LogP contribution >= 0.6 is 11.6 Å². The molecule has 0 amide bonds. The van der Waals surface area contributed by atoms with Crippen molar-refractivity contribution in [2.45, 2.75) is 33.2 Å². The number of aryl methyl sites for hydroxylation is 2. The maximum atomic E-state index is 5.84. The average Bonchev–Trinajstić information content (AvgIpc) is 2.63. The van der Waals surface area contributed by atoms with E-state index in [0.717, 1.165) is 62.9 Å². The molecule has 0 saturated carbocycles. The van der Waals surface area contributed by atoms with Crippen molar-refractivity contribution in [3.63, 3.8) is 0 Å². The molecule has 6 nitrogen and oxygen atoms in total. The second-order valence-electron chi connectivity index (χ2n) is 5.96. The molecule has 0 spiro atoms. The van der Waals surface area contributed by atoms with Crippen molar-refractivity contribution < 1.29 is 0 Å². The van der Waals surface area contributed by atoms with Crippen LogP contribution in [0.3, 0.4) is 0 Å². The van der Waals surface area contributed by atoms with Gasteiger partial charge in [0.05, 0.1) is 11.4 Å². The highest BCUT2D eigenvalue weighted by Crippen LogP contribution is 2.15. The van der Waals surface area contributed by atoms with Gasteiger partial charge in [0.1, 0.15) is 5.15 Å². The van der Waals surface area contributed by atoms with Crippen LogP contribution in [0, 0.1) is 0 Å². The molecule has 0 atom stereocenters. The third-order valence-corrected chi connectivity index (χ3v) is 4.57. The van der Waals surface area contributed by atoms with Crippen LogP contribution in [0.15, 0.2) is 18.3 Å². The predicted octanol–water partition coefficient (Wildman–Crippen LogP) is 2.37. The summed E-state index contributed by atoms with van der Waals surface area (Å²) in [6.45, 7) is 8.88. The van der Waals surface area contributed by atoms with Crippen LogP contribution < -0.4 is 4.90 Å². The number of piperazine rings is 1. The van der Waals surface area contributed by atoms with Crippen LogP contribution in [0.2, 0.25) is 5.15 Å². The quantitative estimate of drug-likeness (QED) is 0.775. The Morgan fingerprint density at radius 1 is 1.00 bits per heavy atom. The summed E-state index contributed by atoms with van der Waals surface area (Å²) in [5.74, 6) is 0.761. The molecule has 1 aliphatic heterocycles. The van der Waals surface area contributed by atoms with Gasteiger partial charge in [-0.1, -0.05) is 31.5 Å². The Balaban J connectivity index is 1.59. The normalized spacial score (nSPS) is 15.7. The fourth-order valence-electron chi connectivity index (χ4n) is 2.93. The van der Waals surface area contributed by atoms with Gasteiger partial charge in [-0.3, -0.25) is 4.90 Å². The van der Waals surface area contributed by atoms with Crippen LogP contribution in [0.4, 0.5) is 5.95 Å². The van der Waals surface area contributed by atoms with E-state index in [9.17, 15) is 0 Å². The van der Waals surface area contributed by atoms with Gasteiger partial charge in [0.15, 0.2) is 0 Å². The van der Waals surface area contributed by atoms with Crippen molar-refractivity contribution >= 4 is 17.5 Å². The lowest BCUT2D eigenvalue weighted by Gasteiger charge is -2.34. The minimum Gasteiger partial charge on any atom is -0.337 e. The van der Waals surface area contributed by atoms with Crippen LogP contribution in [0.5, 0.6) is 0 Å². The monoisotopic (exact) mass is 346 g/mol. The molecule has 0 unspecified atom stereocenters. The number of pyridine rings is 1. The number of hydrogen-bond acceptors (Lipinski definition) is 6. The minimum absolute atomic E-state index is 0.537. The van der Waals surface area contributed by atoms with Crippen molar-refractivity contribution in [3.05, 3.63) is 40.4 Å². The lowest BCUT2D eigenvalue weighted by Crippen LogP contribution is -2.46. The van der Waals surface area contributed by atoms with Gasteiger partial charge >= 0.3 is 0 Å². The van der Waals surface area contributed by atoms with Crippen LogP contribution in [0.1, 0.15) is 30.8 Å². The Hall–Kier alpha value is -1.79. The maximum absolute atomic E-state index is 5.84. The standard InChI is InChI=1S/C17H23ClN6/c1-3-14-15(4-2)21-22-17(20-14)24-9-7-23(8-10-24)12-13-5-6-16(18)19-11-13/h5-6,11H,3-4,7-10,12H2,1-2H3. The summed E-state index contributed by atoms with van der Waals surface area (Å²) in [6.07, 6.45) is 3.63. The van der Waals surface area contributed by atoms with Crippen molar-refractivity contribution in [2.24, 2.45) is 0 Å². The van der Waals surface area contributed by atoms with Gasteiger partial charge in [0, 0.05) is 38.9 Å². The molecular formula is C17H23ClN6. The lowest BCUT2D eigenvalue weighted by atomic mass is 10.2. The summed E-state index contributed by atoms with van der Waals surface area (Å²) >= 11 is 5.84. The smallest absolute Gasteiger partial charge is 0.245 e. The molecule has 1 aliphatic rings. The molecule has 24 heavy (non-hydrogen) atoms. The van der Waals surface area contributed by atoms with Gasteiger partial charge in [-0.05, 0) is 24.5 Å². The first kappa shape index (κ1) is 17.0. The fraction of sp³-hybridized carbons (Fsp3) is 0.529. The highest BCUT2D eigenvalue weighted by atomic mass is 35.5. The lowest BCUT2D eigenvalue weighted by molar-refractivity contribution is 0.248. The van der Waals surface area contributed by atoms with Crippen molar-refractivity contribution in [2.75, 3.05) is 31.1 Å². The molecule has 128 valence electrons. The zero-order valence-electron chi connectivity index (χ0n) is 14.2. The second kappa shape index (κ2) is 7.85. The predicted molar refractivity (Wildman–Crippen MR) is 95.3 cm³/mol. The Morgan fingerprint density at radius 2 is 1.75 bits per heavy atom. The van der Waals surface area contributed by atoms with E-state index >= 15 is 0 Å². The van der Waals surface area contributed by atoms with E-state index in [1.54, 1.807) is 0 Å². The summed E-state index contributed by atoms with van der Waals surface area (Å²) in [4.78, 5) is 13.5. The molecule has 0 N–H and O–H groups in total. The van der Waals surface area contributed by atoms with Gasteiger partial charge in [0.25, 0.3) is 0 Å². The number of halogens is 1.